The molecule has 0 fully saturated rings. The maximum Gasteiger partial charge on any atom is 0.0585 e. The molecule has 0 spiro atoms. The van der Waals surface area contributed by atoms with Crippen LogP contribution in [0.1, 0.15) is 13.3 Å². The number of hydrogen-bond acceptors (Lipinski definition) is 2. The minimum atomic E-state index is -0.118. The summed E-state index contributed by atoms with van der Waals surface area (Å²) in [6, 6.07) is -0.118. The summed E-state index contributed by atoms with van der Waals surface area (Å²) >= 11 is 0. The molecule has 8 heavy (non-hydrogen) atoms. The Kier molecular flexibility index (Phi) is 3.48. The van der Waals surface area contributed by atoms with Crippen LogP contribution in [-0.4, -0.2) is 17.8 Å². The highest BCUT2D eigenvalue weighted by atomic mass is 16.3. The maximum absolute atomic E-state index is 8.42. The summed E-state index contributed by atoms with van der Waals surface area (Å²) in [6.45, 7) is 5.60. The van der Waals surface area contributed by atoms with Gasteiger partial charge in [0.1, 0.15) is 0 Å². The molecule has 0 heterocycles. The average molecular weight is 115 g/mol. The highest BCUT2D eigenvalue weighted by molar-refractivity contribution is 4.91. The minimum Gasteiger partial charge on any atom is -0.395 e. The van der Waals surface area contributed by atoms with Gasteiger partial charge in [0.2, 0.25) is 0 Å². The summed E-state index contributed by atoms with van der Waals surface area (Å²) in [7, 11) is 0. The summed E-state index contributed by atoms with van der Waals surface area (Å²) in [5.74, 6) is 0. The third kappa shape index (κ3) is 3.84. The topological polar surface area (TPSA) is 46.2 Å². The predicted molar refractivity (Wildman–Crippen MR) is 34.5 cm³/mol. The molecular formula is C6H13NO. The first-order chi connectivity index (χ1) is 3.66. The fraction of sp³-hybridized carbons (Fsp3) is 0.667. The molecule has 0 saturated carbocycles. The normalized spacial score (nSPS) is 13.4. The third-order valence-corrected chi connectivity index (χ3v) is 0.845. The van der Waals surface area contributed by atoms with Gasteiger partial charge in [-0.2, -0.15) is 0 Å². The third-order valence-electron chi connectivity index (χ3n) is 0.845. The van der Waals surface area contributed by atoms with Gasteiger partial charge in [0.05, 0.1) is 6.61 Å². The molecule has 0 bridgehead atoms. The molecule has 0 aliphatic heterocycles. The Morgan fingerprint density at radius 3 is 2.50 bits per heavy atom. The van der Waals surface area contributed by atoms with E-state index in [-0.39, 0.29) is 12.6 Å². The van der Waals surface area contributed by atoms with E-state index in [1.807, 2.05) is 6.92 Å². The summed E-state index contributed by atoms with van der Waals surface area (Å²) in [4.78, 5) is 0. The number of rotatable bonds is 3. The largest absolute Gasteiger partial charge is 0.395 e. The molecule has 0 radical (unpaired) electrons. The summed E-state index contributed by atoms with van der Waals surface area (Å²) < 4.78 is 0. The molecule has 0 saturated heterocycles. The Bertz CT molecular complexity index is 80.6. The van der Waals surface area contributed by atoms with Crippen molar-refractivity contribution in [1.82, 2.24) is 0 Å². The lowest BCUT2D eigenvalue weighted by molar-refractivity contribution is 0.265. The van der Waals surface area contributed by atoms with Crippen molar-refractivity contribution in [2.75, 3.05) is 6.61 Å². The first-order valence-electron chi connectivity index (χ1n) is 2.67. The van der Waals surface area contributed by atoms with Crippen LogP contribution in [0, 0.1) is 0 Å². The Morgan fingerprint density at radius 1 is 1.88 bits per heavy atom. The van der Waals surface area contributed by atoms with Crippen molar-refractivity contribution < 1.29 is 5.11 Å². The molecule has 1 atom stereocenters. The van der Waals surface area contributed by atoms with Gasteiger partial charge in [-0.1, -0.05) is 5.57 Å². The zero-order chi connectivity index (χ0) is 6.57. The van der Waals surface area contributed by atoms with E-state index in [4.69, 9.17) is 10.8 Å². The van der Waals surface area contributed by atoms with Crippen LogP contribution in [0.15, 0.2) is 12.2 Å². The summed E-state index contributed by atoms with van der Waals surface area (Å²) in [6.07, 6.45) is 0.719. The van der Waals surface area contributed by atoms with Crippen LogP contribution in [0.5, 0.6) is 0 Å². The lowest BCUT2D eigenvalue weighted by atomic mass is 10.1. The Hall–Kier alpha value is -0.340. The second-order valence-electron chi connectivity index (χ2n) is 2.10. The van der Waals surface area contributed by atoms with Crippen LogP contribution >= 0.6 is 0 Å². The molecule has 3 N–H and O–H groups in total. The SMILES string of the molecule is C=C(C)C[C@@H](N)CO. The van der Waals surface area contributed by atoms with Gasteiger partial charge in [-0.15, -0.1) is 6.58 Å². The monoisotopic (exact) mass is 115 g/mol. The van der Waals surface area contributed by atoms with Crippen LogP contribution in [0.3, 0.4) is 0 Å². The van der Waals surface area contributed by atoms with E-state index in [0.29, 0.717) is 0 Å². The maximum atomic E-state index is 8.42. The average Bonchev–Trinajstić information content (AvgIpc) is 1.65. The molecule has 0 aromatic rings. The van der Waals surface area contributed by atoms with E-state index in [1.165, 1.54) is 0 Å². The van der Waals surface area contributed by atoms with Crippen molar-refractivity contribution in [3.63, 3.8) is 0 Å². The van der Waals surface area contributed by atoms with Gasteiger partial charge < -0.3 is 10.8 Å². The van der Waals surface area contributed by atoms with Gasteiger partial charge in [-0.25, -0.2) is 0 Å². The zero-order valence-electron chi connectivity index (χ0n) is 5.22. The second kappa shape index (κ2) is 3.64. The number of aliphatic hydroxyl groups is 1. The molecule has 0 aromatic heterocycles. The van der Waals surface area contributed by atoms with Gasteiger partial charge in [-0.3, -0.25) is 0 Å². The molecule has 48 valence electrons. The fourth-order valence-electron chi connectivity index (χ4n) is 0.512. The molecule has 2 nitrogen and oxygen atoms in total. The van der Waals surface area contributed by atoms with Crippen molar-refractivity contribution in [1.29, 1.82) is 0 Å². The molecule has 0 aliphatic carbocycles. The highest BCUT2D eigenvalue weighted by Crippen LogP contribution is 1.97. The van der Waals surface area contributed by atoms with E-state index in [9.17, 15) is 0 Å². The molecule has 0 aliphatic rings. The van der Waals surface area contributed by atoms with E-state index < -0.39 is 0 Å². The van der Waals surface area contributed by atoms with Gasteiger partial charge in [0.15, 0.2) is 0 Å². The van der Waals surface area contributed by atoms with E-state index in [2.05, 4.69) is 6.58 Å². The van der Waals surface area contributed by atoms with Gasteiger partial charge in [-0.05, 0) is 13.3 Å². The van der Waals surface area contributed by atoms with Crippen molar-refractivity contribution >= 4 is 0 Å². The molecule has 0 aromatic carbocycles. The highest BCUT2D eigenvalue weighted by Gasteiger charge is 1.97. The van der Waals surface area contributed by atoms with Crippen molar-refractivity contribution in [3.05, 3.63) is 12.2 Å². The van der Waals surface area contributed by atoms with Crippen molar-refractivity contribution in [2.24, 2.45) is 5.73 Å². The number of nitrogens with two attached hydrogens (primary N) is 1. The van der Waals surface area contributed by atoms with Gasteiger partial charge >= 0.3 is 0 Å². The summed E-state index contributed by atoms with van der Waals surface area (Å²) in [5, 5.41) is 8.42. The molecule has 0 amide bonds. The van der Waals surface area contributed by atoms with Crippen molar-refractivity contribution in [2.45, 2.75) is 19.4 Å². The quantitative estimate of drug-likeness (QED) is 0.519. The second-order valence-corrected chi connectivity index (χ2v) is 2.10. The number of hydrogen-bond donors (Lipinski definition) is 2. The van der Waals surface area contributed by atoms with E-state index >= 15 is 0 Å². The lowest BCUT2D eigenvalue weighted by Gasteiger charge is -2.05. The van der Waals surface area contributed by atoms with Gasteiger partial charge in [0, 0.05) is 6.04 Å². The van der Waals surface area contributed by atoms with E-state index in [0.717, 1.165) is 12.0 Å². The number of aliphatic hydroxyl groups excluding tert-OH is 1. The van der Waals surface area contributed by atoms with E-state index in [1.54, 1.807) is 0 Å². The predicted octanol–water partition coefficient (Wildman–Crippen LogP) is 0.272. The fourth-order valence-corrected chi connectivity index (χ4v) is 0.512. The Morgan fingerprint density at radius 2 is 2.38 bits per heavy atom. The minimum absolute atomic E-state index is 0.0485. The Labute approximate surface area is 50.0 Å². The summed E-state index contributed by atoms with van der Waals surface area (Å²) in [5.41, 5.74) is 6.38. The van der Waals surface area contributed by atoms with Crippen LogP contribution < -0.4 is 5.73 Å². The standard InChI is InChI=1S/C6H13NO/c1-5(2)3-6(7)4-8/h6,8H,1,3-4,7H2,2H3/t6-/m1/s1. The smallest absolute Gasteiger partial charge is 0.0585 e. The van der Waals surface area contributed by atoms with Crippen LogP contribution in [0.2, 0.25) is 0 Å². The zero-order valence-corrected chi connectivity index (χ0v) is 5.22. The van der Waals surface area contributed by atoms with Crippen LogP contribution in [0.25, 0.3) is 0 Å². The molecule has 0 unspecified atom stereocenters. The molecule has 2 heteroatoms. The Balaban J connectivity index is 3.24. The first-order valence-corrected chi connectivity index (χ1v) is 2.67. The molecular weight excluding hydrogens is 102 g/mol. The lowest BCUT2D eigenvalue weighted by Crippen LogP contribution is -2.24. The van der Waals surface area contributed by atoms with Crippen molar-refractivity contribution in [3.8, 4) is 0 Å². The first kappa shape index (κ1) is 7.66. The van der Waals surface area contributed by atoms with Gasteiger partial charge in [0.25, 0.3) is 0 Å². The van der Waals surface area contributed by atoms with Crippen LogP contribution in [-0.2, 0) is 0 Å². The molecule has 0 rings (SSSR count). The van der Waals surface area contributed by atoms with Crippen LogP contribution in [0.4, 0.5) is 0 Å².